The van der Waals surface area contributed by atoms with Crippen LogP contribution in [-0.2, 0) is 6.42 Å². The summed E-state index contributed by atoms with van der Waals surface area (Å²) in [6, 6.07) is 21.1. The number of H-pyrrole nitrogens is 1. The van der Waals surface area contributed by atoms with E-state index in [1.54, 1.807) is 0 Å². The summed E-state index contributed by atoms with van der Waals surface area (Å²) in [5.74, 6) is 0. The predicted molar refractivity (Wildman–Crippen MR) is 69.8 cm³/mol. The van der Waals surface area contributed by atoms with E-state index in [9.17, 15) is 0 Å². The largest absolute Gasteiger partial charge is 0.214 e. The van der Waals surface area contributed by atoms with Crippen molar-refractivity contribution >= 4 is 10.8 Å². The second-order valence-electron chi connectivity index (χ2n) is 4.21. The van der Waals surface area contributed by atoms with Crippen LogP contribution in [0.15, 0.2) is 66.9 Å². The highest BCUT2D eigenvalue weighted by atomic mass is 14.7. The Labute approximate surface area is 101 Å². The van der Waals surface area contributed by atoms with Gasteiger partial charge in [0.1, 0.15) is 0 Å². The van der Waals surface area contributed by atoms with Crippen molar-refractivity contribution in [3.8, 4) is 0 Å². The summed E-state index contributed by atoms with van der Waals surface area (Å²) >= 11 is 0. The molecule has 0 fully saturated rings. The number of benzene rings is 2. The van der Waals surface area contributed by atoms with Crippen molar-refractivity contribution in [1.29, 1.82) is 0 Å². The van der Waals surface area contributed by atoms with Gasteiger partial charge in [-0.2, -0.15) is 0 Å². The smallest absolute Gasteiger partial charge is 0.191 e. The summed E-state index contributed by atoms with van der Waals surface area (Å²) in [7, 11) is 0. The fraction of sp³-hybridized carbons (Fsp3) is 0.0625. The van der Waals surface area contributed by atoms with E-state index < -0.39 is 0 Å². The molecule has 0 radical (unpaired) electrons. The molecule has 1 aromatic heterocycles. The van der Waals surface area contributed by atoms with Crippen molar-refractivity contribution in [3.05, 3.63) is 78.1 Å². The van der Waals surface area contributed by atoms with Crippen molar-refractivity contribution in [2.75, 3.05) is 0 Å². The summed E-state index contributed by atoms with van der Waals surface area (Å²) in [6.07, 6.45) is 2.96. The quantitative estimate of drug-likeness (QED) is 0.629. The van der Waals surface area contributed by atoms with Crippen LogP contribution in [0.3, 0.4) is 0 Å². The minimum atomic E-state index is 0.947. The highest BCUT2D eigenvalue weighted by Crippen LogP contribution is 2.16. The van der Waals surface area contributed by atoms with E-state index in [2.05, 4.69) is 65.6 Å². The topological polar surface area (TPSA) is 14.1 Å². The molecule has 82 valence electrons. The lowest BCUT2D eigenvalue weighted by Crippen LogP contribution is -2.10. The Bertz CT molecular complexity index is 624. The van der Waals surface area contributed by atoms with Crippen molar-refractivity contribution in [2.24, 2.45) is 0 Å². The average molecular weight is 220 g/mol. The van der Waals surface area contributed by atoms with E-state index in [1.807, 2.05) is 6.20 Å². The van der Waals surface area contributed by atoms with Crippen molar-refractivity contribution in [1.82, 2.24) is 0 Å². The second kappa shape index (κ2) is 4.38. The molecule has 0 aliphatic heterocycles. The van der Waals surface area contributed by atoms with Crippen LogP contribution in [-0.4, -0.2) is 0 Å². The zero-order chi connectivity index (χ0) is 11.5. The zero-order valence-corrected chi connectivity index (χ0v) is 9.56. The maximum atomic E-state index is 3.36. The van der Waals surface area contributed by atoms with Crippen molar-refractivity contribution in [3.63, 3.8) is 0 Å². The van der Waals surface area contributed by atoms with Crippen LogP contribution in [0.25, 0.3) is 10.8 Å². The summed E-state index contributed by atoms with van der Waals surface area (Å²) in [4.78, 5) is 3.36. The van der Waals surface area contributed by atoms with Gasteiger partial charge in [-0.05, 0) is 17.0 Å². The number of hydrogen-bond acceptors (Lipinski definition) is 0. The highest BCUT2D eigenvalue weighted by molar-refractivity contribution is 5.83. The lowest BCUT2D eigenvalue weighted by Gasteiger charge is -2.00. The average Bonchev–Trinajstić information content (AvgIpc) is 2.40. The van der Waals surface area contributed by atoms with Crippen LogP contribution in [0.1, 0.15) is 11.3 Å². The Balaban J connectivity index is 2.06. The van der Waals surface area contributed by atoms with Gasteiger partial charge in [0.25, 0.3) is 0 Å². The summed E-state index contributed by atoms with van der Waals surface area (Å²) in [6.45, 7) is 0. The molecule has 0 unspecified atom stereocenters. The zero-order valence-electron chi connectivity index (χ0n) is 9.56. The number of fused-ring (bicyclic) bond motifs is 1. The van der Waals surface area contributed by atoms with E-state index in [1.165, 1.54) is 22.0 Å². The second-order valence-corrected chi connectivity index (χ2v) is 4.21. The Morgan fingerprint density at radius 3 is 2.41 bits per heavy atom. The van der Waals surface area contributed by atoms with Gasteiger partial charge in [-0.15, -0.1) is 0 Å². The summed E-state index contributed by atoms with van der Waals surface area (Å²) < 4.78 is 0. The van der Waals surface area contributed by atoms with Crippen LogP contribution >= 0.6 is 0 Å². The molecule has 3 aromatic rings. The minimum absolute atomic E-state index is 0.947. The van der Waals surface area contributed by atoms with E-state index >= 15 is 0 Å². The Morgan fingerprint density at radius 1 is 0.765 bits per heavy atom. The molecule has 0 saturated carbocycles. The normalized spacial score (nSPS) is 10.6. The van der Waals surface area contributed by atoms with Gasteiger partial charge in [0.2, 0.25) is 0 Å². The van der Waals surface area contributed by atoms with Gasteiger partial charge in [0, 0.05) is 11.5 Å². The van der Waals surface area contributed by atoms with Crippen LogP contribution < -0.4 is 4.98 Å². The van der Waals surface area contributed by atoms with Gasteiger partial charge >= 0.3 is 0 Å². The van der Waals surface area contributed by atoms with E-state index in [0.717, 1.165) is 6.42 Å². The van der Waals surface area contributed by atoms with E-state index in [4.69, 9.17) is 0 Å². The SMILES string of the molecule is c1ccc(Cc2[nH+]ccc3ccccc23)cc1. The third-order valence-electron chi connectivity index (χ3n) is 3.03. The molecule has 0 aliphatic carbocycles. The highest BCUT2D eigenvalue weighted by Gasteiger charge is 2.07. The number of nitrogens with one attached hydrogen (secondary N) is 1. The standard InChI is InChI=1S/C16H13N/c1-2-6-13(7-3-1)12-16-15-9-5-4-8-14(15)10-11-17-16/h1-11H,12H2/p+1. The third kappa shape index (κ3) is 2.04. The Morgan fingerprint density at radius 2 is 1.53 bits per heavy atom. The monoisotopic (exact) mass is 220 g/mol. The van der Waals surface area contributed by atoms with Gasteiger partial charge in [-0.1, -0.05) is 48.5 Å². The van der Waals surface area contributed by atoms with Crippen LogP contribution in [0.5, 0.6) is 0 Å². The molecule has 0 bridgehead atoms. The first-order valence-corrected chi connectivity index (χ1v) is 5.86. The van der Waals surface area contributed by atoms with Crippen LogP contribution in [0, 0.1) is 0 Å². The number of pyridine rings is 1. The van der Waals surface area contributed by atoms with Gasteiger partial charge in [0.15, 0.2) is 11.9 Å². The van der Waals surface area contributed by atoms with Crippen molar-refractivity contribution in [2.45, 2.75) is 6.42 Å². The van der Waals surface area contributed by atoms with Gasteiger partial charge < -0.3 is 0 Å². The molecule has 2 aromatic carbocycles. The first kappa shape index (κ1) is 10.0. The molecular formula is C16H14N+. The third-order valence-corrected chi connectivity index (χ3v) is 3.03. The lowest BCUT2D eigenvalue weighted by molar-refractivity contribution is -0.387. The molecule has 0 saturated heterocycles. The molecule has 0 atom stereocenters. The van der Waals surface area contributed by atoms with Crippen LogP contribution in [0.2, 0.25) is 0 Å². The Hall–Kier alpha value is -2.15. The minimum Gasteiger partial charge on any atom is -0.214 e. The van der Waals surface area contributed by atoms with E-state index in [-0.39, 0.29) is 0 Å². The molecule has 0 amide bonds. The summed E-state index contributed by atoms with van der Waals surface area (Å²) in [5.41, 5.74) is 2.61. The van der Waals surface area contributed by atoms with Gasteiger partial charge in [-0.3, -0.25) is 0 Å². The van der Waals surface area contributed by atoms with Gasteiger partial charge in [0.05, 0.1) is 6.42 Å². The predicted octanol–water partition coefficient (Wildman–Crippen LogP) is 3.24. The lowest BCUT2D eigenvalue weighted by atomic mass is 10.0. The molecule has 0 spiro atoms. The molecule has 1 heterocycles. The van der Waals surface area contributed by atoms with Crippen LogP contribution in [0.4, 0.5) is 0 Å². The number of aromatic amines is 1. The van der Waals surface area contributed by atoms with Gasteiger partial charge in [-0.25, -0.2) is 4.98 Å². The molecular weight excluding hydrogens is 206 g/mol. The maximum Gasteiger partial charge on any atom is 0.191 e. The summed E-state index contributed by atoms with van der Waals surface area (Å²) in [5, 5.41) is 2.59. The number of aromatic nitrogens is 1. The van der Waals surface area contributed by atoms with Crippen molar-refractivity contribution < 1.29 is 4.98 Å². The first-order chi connectivity index (χ1) is 8.43. The molecule has 3 rings (SSSR count). The molecule has 1 heteroatoms. The molecule has 1 N–H and O–H groups in total. The number of hydrogen-bond donors (Lipinski definition) is 0. The number of rotatable bonds is 2. The van der Waals surface area contributed by atoms with E-state index in [0.29, 0.717) is 0 Å². The fourth-order valence-electron chi connectivity index (χ4n) is 2.17. The first-order valence-electron chi connectivity index (χ1n) is 5.86. The molecule has 17 heavy (non-hydrogen) atoms. The Kier molecular flexibility index (Phi) is 2.59. The molecule has 1 nitrogen and oxygen atoms in total. The fourth-order valence-corrected chi connectivity index (χ4v) is 2.17. The molecule has 0 aliphatic rings. The maximum absolute atomic E-state index is 3.36.